The number of benzene rings is 1. The summed E-state index contributed by atoms with van der Waals surface area (Å²) in [7, 11) is 1.68. The molecule has 0 spiro atoms. The molecule has 18 heavy (non-hydrogen) atoms. The van der Waals surface area contributed by atoms with Gasteiger partial charge in [0, 0.05) is 17.4 Å². The van der Waals surface area contributed by atoms with Gasteiger partial charge in [0.15, 0.2) is 0 Å². The molecule has 0 amide bonds. The second-order valence-corrected chi connectivity index (χ2v) is 5.04. The Bertz CT molecular complexity index is 474. The highest BCUT2D eigenvalue weighted by Crippen LogP contribution is 2.40. The first-order valence-electron chi connectivity index (χ1n) is 6.44. The normalized spacial score (nSPS) is 23.4. The first-order valence-corrected chi connectivity index (χ1v) is 6.44. The number of ether oxygens (including phenoxy) is 1. The zero-order chi connectivity index (χ0) is 13.1. The molecule has 0 unspecified atom stereocenters. The average Bonchev–Trinajstić information content (AvgIpc) is 2.38. The van der Waals surface area contributed by atoms with E-state index in [9.17, 15) is 4.79 Å². The second kappa shape index (κ2) is 5.38. The summed E-state index contributed by atoms with van der Waals surface area (Å²) in [5, 5.41) is 0. The van der Waals surface area contributed by atoms with Crippen molar-refractivity contribution >= 4 is 5.78 Å². The lowest BCUT2D eigenvalue weighted by Crippen LogP contribution is -2.22. The molecule has 0 heterocycles. The number of methoxy groups -OCH3 is 1. The minimum atomic E-state index is 0.0880. The van der Waals surface area contributed by atoms with Gasteiger partial charge < -0.3 is 4.74 Å². The van der Waals surface area contributed by atoms with E-state index in [-0.39, 0.29) is 17.6 Å². The van der Waals surface area contributed by atoms with E-state index in [0.717, 1.165) is 24.2 Å². The van der Waals surface area contributed by atoms with Gasteiger partial charge in [-0.15, -0.1) is 0 Å². The number of carbonyl (C=O) groups is 1. The monoisotopic (exact) mass is 244 g/mol. The Balaban J connectivity index is 2.44. The fourth-order valence-electron chi connectivity index (χ4n) is 2.77. The molecule has 0 aliphatic heterocycles. The molecule has 0 saturated carbocycles. The van der Waals surface area contributed by atoms with Crippen LogP contribution >= 0.6 is 0 Å². The van der Waals surface area contributed by atoms with Gasteiger partial charge in [0.1, 0.15) is 11.5 Å². The summed E-state index contributed by atoms with van der Waals surface area (Å²) in [6.07, 6.45) is 4.20. The van der Waals surface area contributed by atoms with Crippen LogP contribution in [0.1, 0.15) is 38.2 Å². The molecule has 2 rings (SSSR count). The molecule has 1 aliphatic carbocycles. The number of allylic oxidation sites excluding steroid dienone is 2. The predicted molar refractivity (Wildman–Crippen MR) is 72.9 cm³/mol. The molecule has 1 aliphatic rings. The predicted octanol–water partition coefficient (Wildman–Crippen LogP) is 3.72. The van der Waals surface area contributed by atoms with Crippen molar-refractivity contribution in [2.45, 2.75) is 32.6 Å². The third-order valence-electron chi connectivity index (χ3n) is 3.77. The van der Waals surface area contributed by atoms with Crippen molar-refractivity contribution in [3.63, 3.8) is 0 Å². The molecule has 0 bridgehead atoms. The molecule has 0 aromatic heterocycles. The van der Waals surface area contributed by atoms with Crippen LogP contribution in [0.3, 0.4) is 0 Å². The summed E-state index contributed by atoms with van der Waals surface area (Å²) >= 11 is 0. The smallest absolute Gasteiger partial charge is 0.133 e. The zero-order valence-electron chi connectivity index (χ0n) is 11.3. The van der Waals surface area contributed by atoms with Gasteiger partial charge in [-0.1, -0.05) is 29.8 Å². The molecule has 0 fully saturated rings. The lowest BCUT2D eigenvalue weighted by Gasteiger charge is -2.29. The largest absolute Gasteiger partial charge is 0.496 e. The Morgan fingerprint density at radius 1 is 1.33 bits per heavy atom. The Kier molecular flexibility index (Phi) is 3.85. The highest BCUT2D eigenvalue weighted by atomic mass is 16.5. The fourth-order valence-corrected chi connectivity index (χ4v) is 2.77. The van der Waals surface area contributed by atoms with E-state index in [4.69, 9.17) is 4.74 Å². The first-order chi connectivity index (χ1) is 8.63. The number of rotatable bonds is 3. The number of hydrogen-bond donors (Lipinski definition) is 0. The zero-order valence-corrected chi connectivity index (χ0v) is 11.3. The number of para-hydroxylation sites is 1. The van der Waals surface area contributed by atoms with Crippen molar-refractivity contribution in [3.8, 4) is 5.75 Å². The van der Waals surface area contributed by atoms with Crippen molar-refractivity contribution in [2.75, 3.05) is 7.11 Å². The van der Waals surface area contributed by atoms with Gasteiger partial charge in [-0.3, -0.25) is 4.79 Å². The highest BCUT2D eigenvalue weighted by Gasteiger charge is 2.30. The summed E-state index contributed by atoms with van der Waals surface area (Å²) < 4.78 is 5.42. The summed E-state index contributed by atoms with van der Waals surface area (Å²) in [4.78, 5) is 11.8. The van der Waals surface area contributed by atoms with Crippen molar-refractivity contribution < 1.29 is 9.53 Å². The summed E-state index contributed by atoms with van der Waals surface area (Å²) in [6, 6.07) is 8.00. The topological polar surface area (TPSA) is 26.3 Å². The lowest BCUT2D eigenvalue weighted by atomic mass is 9.75. The second-order valence-electron chi connectivity index (χ2n) is 5.04. The molecular formula is C16H20O2. The Labute approximate surface area is 109 Å². The van der Waals surface area contributed by atoms with Crippen LogP contribution in [0.4, 0.5) is 0 Å². The Morgan fingerprint density at radius 3 is 2.72 bits per heavy atom. The molecular weight excluding hydrogens is 224 g/mol. The molecule has 1 aromatic carbocycles. The van der Waals surface area contributed by atoms with Crippen LogP contribution in [0.2, 0.25) is 0 Å². The van der Waals surface area contributed by atoms with E-state index >= 15 is 0 Å². The van der Waals surface area contributed by atoms with Crippen LogP contribution in [0.25, 0.3) is 0 Å². The van der Waals surface area contributed by atoms with Crippen LogP contribution in [-0.2, 0) is 4.79 Å². The average molecular weight is 244 g/mol. The molecule has 0 saturated heterocycles. The van der Waals surface area contributed by atoms with Gasteiger partial charge in [0.05, 0.1) is 7.11 Å². The minimum Gasteiger partial charge on any atom is -0.496 e. The quantitative estimate of drug-likeness (QED) is 0.757. The van der Waals surface area contributed by atoms with Crippen LogP contribution in [0.15, 0.2) is 35.9 Å². The van der Waals surface area contributed by atoms with Crippen LogP contribution in [-0.4, -0.2) is 12.9 Å². The lowest BCUT2D eigenvalue weighted by molar-refractivity contribution is -0.121. The van der Waals surface area contributed by atoms with Gasteiger partial charge in [-0.25, -0.2) is 0 Å². The number of hydrogen-bond acceptors (Lipinski definition) is 2. The number of Topliss-reactive ketones (excluding diaryl/α,β-unsaturated/α-hetero) is 1. The van der Waals surface area contributed by atoms with Crippen molar-refractivity contribution in [1.82, 2.24) is 0 Å². The molecule has 96 valence electrons. The van der Waals surface area contributed by atoms with Crippen LogP contribution in [0.5, 0.6) is 5.75 Å². The van der Waals surface area contributed by atoms with Crippen molar-refractivity contribution in [3.05, 3.63) is 41.5 Å². The first kappa shape index (κ1) is 12.9. The molecule has 2 nitrogen and oxygen atoms in total. The Morgan fingerprint density at radius 2 is 2.06 bits per heavy atom. The maximum atomic E-state index is 11.8. The van der Waals surface area contributed by atoms with Gasteiger partial charge in [0.25, 0.3) is 0 Å². The van der Waals surface area contributed by atoms with Gasteiger partial charge in [-0.05, 0) is 32.8 Å². The molecule has 2 atom stereocenters. The van der Waals surface area contributed by atoms with E-state index in [2.05, 4.69) is 19.1 Å². The van der Waals surface area contributed by atoms with E-state index < -0.39 is 0 Å². The number of carbonyl (C=O) groups excluding carboxylic acids is 1. The maximum absolute atomic E-state index is 11.8. The van der Waals surface area contributed by atoms with Crippen molar-refractivity contribution in [2.24, 2.45) is 5.92 Å². The van der Waals surface area contributed by atoms with Gasteiger partial charge in [-0.2, -0.15) is 0 Å². The van der Waals surface area contributed by atoms with E-state index in [1.807, 2.05) is 18.2 Å². The van der Waals surface area contributed by atoms with Crippen molar-refractivity contribution in [1.29, 1.82) is 0 Å². The molecule has 1 aromatic rings. The van der Waals surface area contributed by atoms with E-state index in [1.165, 1.54) is 5.57 Å². The van der Waals surface area contributed by atoms with Gasteiger partial charge in [0.2, 0.25) is 0 Å². The third-order valence-corrected chi connectivity index (χ3v) is 3.77. The van der Waals surface area contributed by atoms with Crippen LogP contribution < -0.4 is 4.74 Å². The third kappa shape index (κ3) is 2.47. The Hall–Kier alpha value is -1.57. The van der Waals surface area contributed by atoms with E-state index in [1.54, 1.807) is 14.0 Å². The molecule has 0 radical (unpaired) electrons. The van der Waals surface area contributed by atoms with Crippen LogP contribution in [0, 0.1) is 5.92 Å². The highest BCUT2D eigenvalue weighted by molar-refractivity contribution is 5.80. The van der Waals surface area contributed by atoms with E-state index in [0.29, 0.717) is 0 Å². The SMILES string of the molecule is COc1ccccc1[C@@H]1C=C(C)CC[C@@H]1C(C)=O. The summed E-state index contributed by atoms with van der Waals surface area (Å²) in [5.74, 6) is 1.40. The standard InChI is InChI=1S/C16H20O2/c1-11-8-9-13(12(2)17)15(10-11)14-6-4-5-7-16(14)18-3/h4-7,10,13,15H,8-9H2,1-3H3/t13-,15-/m1/s1. The summed E-state index contributed by atoms with van der Waals surface area (Å²) in [5.41, 5.74) is 2.49. The number of ketones is 1. The summed E-state index contributed by atoms with van der Waals surface area (Å²) in [6.45, 7) is 3.83. The molecule has 2 heteroatoms. The fraction of sp³-hybridized carbons (Fsp3) is 0.438. The molecule has 0 N–H and O–H groups in total. The van der Waals surface area contributed by atoms with Gasteiger partial charge >= 0.3 is 0 Å². The maximum Gasteiger partial charge on any atom is 0.133 e. The minimum absolute atomic E-state index is 0.0880.